The molecule has 2 aromatic carbocycles. The number of halogens is 1. The summed E-state index contributed by atoms with van der Waals surface area (Å²) in [5.74, 6) is -0.740. The van der Waals surface area contributed by atoms with E-state index < -0.39 is 11.5 Å². The summed E-state index contributed by atoms with van der Waals surface area (Å²) in [7, 11) is 0. The smallest absolute Gasteiger partial charge is 0.257 e. The zero-order valence-electron chi connectivity index (χ0n) is 16.8. The van der Waals surface area contributed by atoms with Crippen LogP contribution in [0.3, 0.4) is 0 Å². The minimum Gasteiger partial charge on any atom is -0.380 e. The number of hydrogen-bond donors (Lipinski definition) is 3. The van der Waals surface area contributed by atoms with Gasteiger partial charge < -0.3 is 15.7 Å². The predicted octanol–water partition coefficient (Wildman–Crippen LogP) is 3.66. The van der Waals surface area contributed by atoms with E-state index in [0.717, 1.165) is 10.9 Å². The fourth-order valence-corrected chi connectivity index (χ4v) is 3.53. The zero-order chi connectivity index (χ0) is 21.5. The molecule has 3 aromatic rings. The molecule has 1 aliphatic carbocycles. The summed E-state index contributed by atoms with van der Waals surface area (Å²) in [4.78, 5) is 24.9. The fourth-order valence-electron chi connectivity index (χ4n) is 3.33. The predicted molar refractivity (Wildman–Crippen MR) is 116 cm³/mol. The summed E-state index contributed by atoms with van der Waals surface area (Å²) in [6, 6.07) is 10.9. The third-order valence-electron chi connectivity index (χ3n) is 5.25. The summed E-state index contributed by atoms with van der Waals surface area (Å²) >= 11 is 6.26. The van der Waals surface area contributed by atoms with Gasteiger partial charge in [0.2, 0.25) is 0 Å². The van der Waals surface area contributed by atoms with Crippen molar-refractivity contribution in [2.45, 2.75) is 44.9 Å². The van der Waals surface area contributed by atoms with Crippen molar-refractivity contribution in [1.82, 2.24) is 15.1 Å². The molecule has 0 atom stereocenters. The number of nitrogens with one attached hydrogen (secondary N) is 2. The number of amides is 2. The molecule has 0 aliphatic heterocycles. The van der Waals surface area contributed by atoms with Crippen LogP contribution in [-0.4, -0.2) is 32.3 Å². The van der Waals surface area contributed by atoms with Crippen LogP contribution in [0, 0.1) is 0 Å². The Balaban J connectivity index is 1.53. The van der Waals surface area contributed by atoms with Crippen molar-refractivity contribution in [1.29, 1.82) is 0 Å². The number of hydrogen-bond acceptors (Lipinski definition) is 4. The Morgan fingerprint density at radius 1 is 1.27 bits per heavy atom. The van der Waals surface area contributed by atoms with E-state index in [-0.39, 0.29) is 18.5 Å². The van der Waals surface area contributed by atoms with E-state index in [1.54, 1.807) is 24.4 Å². The summed E-state index contributed by atoms with van der Waals surface area (Å²) in [5.41, 5.74) is 1.37. The highest BCUT2D eigenvalue weighted by molar-refractivity contribution is 6.34. The second-order valence-corrected chi connectivity index (χ2v) is 8.31. The molecule has 1 heterocycles. The largest absolute Gasteiger partial charge is 0.380 e. The normalized spacial score (nSPS) is 14.7. The van der Waals surface area contributed by atoms with E-state index >= 15 is 0 Å². The first-order valence-corrected chi connectivity index (χ1v) is 10.2. The van der Waals surface area contributed by atoms with E-state index in [2.05, 4.69) is 15.7 Å². The summed E-state index contributed by atoms with van der Waals surface area (Å²) < 4.78 is 1.90. The molecule has 0 bridgehead atoms. The molecule has 2 amide bonds. The van der Waals surface area contributed by atoms with Crippen molar-refractivity contribution < 1.29 is 14.7 Å². The van der Waals surface area contributed by atoms with Gasteiger partial charge in [0.15, 0.2) is 0 Å². The molecule has 1 aromatic heterocycles. The maximum Gasteiger partial charge on any atom is 0.257 e. The van der Waals surface area contributed by atoms with Crippen LogP contribution in [0.1, 0.15) is 48.7 Å². The van der Waals surface area contributed by atoms with Crippen LogP contribution < -0.4 is 10.6 Å². The van der Waals surface area contributed by atoms with Crippen molar-refractivity contribution >= 4 is 40.0 Å². The number of carbonyl (C=O) groups is 2. The first-order valence-electron chi connectivity index (χ1n) is 9.85. The quantitative estimate of drug-likeness (QED) is 0.560. The Hall–Kier alpha value is -2.90. The Labute approximate surface area is 179 Å². The third-order valence-corrected chi connectivity index (χ3v) is 5.58. The van der Waals surface area contributed by atoms with Gasteiger partial charge in [0, 0.05) is 18.0 Å². The van der Waals surface area contributed by atoms with E-state index in [1.807, 2.05) is 36.7 Å². The van der Waals surface area contributed by atoms with Gasteiger partial charge >= 0.3 is 0 Å². The van der Waals surface area contributed by atoms with Crippen LogP contribution in [0.4, 0.5) is 5.69 Å². The zero-order valence-corrected chi connectivity index (χ0v) is 17.5. The second-order valence-electron chi connectivity index (χ2n) is 7.90. The molecular formula is C22H23ClN4O3. The Morgan fingerprint density at radius 2 is 2.03 bits per heavy atom. The number of fused-ring (bicyclic) bond motifs is 1. The highest BCUT2D eigenvalue weighted by Gasteiger charge is 2.47. The molecule has 7 nitrogen and oxygen atoms in total. The van der Waals surface area contributed by atoms with Crippen molar-refractivity contribution in [2.75, 3.05) is 5.32 Å². The van der Waals surface area contributed by atoms with Crippen LogP contribution in [-0.2, 0) is 11.3 Å². The molecule has 8 heteroatoms. The van der Waals surface area contributed by atoms with Crippen molar-refractivity contribution in [3.05, 3.63) is 58.7 Å². The number of nitrogens with zero attached hydrogens (tertiary/aromatic N) is 2. The van der Waals surface area contributed by atoms with Crippen molar-refractivity contribution in [3.63, 3.8) is 0 Å². The van der Waals surface area contributed by atoms with Gasteiger partial charge in [-0.3, -0.25) is 14.3 Å². The second kappa shape index (κ2) is 7.74. The first-order chi connectivity index (χ1) is 14.3. The molecule has 0 unspecified atom stereocenters. The molecule has 0 saturated heterocycles. The number of aliphatic hydroxyl groups is 1. The summed E-state index contributed by atoms with van der Waals surface area (Å²) in [6.07, 6.45) is 2.69. The molecule has 0 spiro atoms. The number of rotatable bonds is 6. The van der Waals surface area contributed by atoms with Gasteiger partial charge in [-0.25, -0.2) is 0 Å². The third kappa shape index (κ3) is 3.91. The summed E-state index contributed by atoms with van der Waals surface area (Å²) in [5, 5.41) is 21.0. The average Bonchev–Trinajstić information content (AvgIpc) is 3.31. The Morgan fingerprint density at radius 3 is 2.73 bits per heavy atom. The van der Waals surface area contributed by atoms with E-state index in [1.165, 1.54) is 0 Å². The fraction of sp³-hybridized carbons (Fsp3) is 0.318. The molecular weight excluding hydrogens is 404 g/mol. The first kappa shape index (κ1) is 20.4. The van der Waals surface area contributed by atoms with E-state index in [0.29, 0.717) is 34.7 Å². The molecule has 1 fully saturated rings. The van der Waals surface area contributed by atoms with Crippen molar-refractivity contribution in [3.8, 4) is 0 Å². The van der Waals surface area contributed by atoms with Gasteiger partial charge in [0.25, 0.3) is 11.8 Å². The van der Waals surface area contributed by atoms with Crippen LogP contribution >= 0.6 is 11.6 Å². The van der Waals surface area contributed by atoms with Gasteiger partial charge in [-0.1, -0.05) is 23.7 Å². The maximum atomic E-state index is 12.9. The molecule has 1 saturated carbocycles. The van der Waals surface area contributed by atoms with Gasteiger partial charge in [-0.15, -0.1) is 0 Å². The molecule has 1 aliphatic rings. The number of benzene rings is 2. The van der Waals surface area contributed by atoms with Crippen molar-refractivity contribution in [2.24, 2.45) is 0 Å². The number of anilines is 1. The van der Waals surface area contributed by atoms with Crippen LogP contribution in [0.25, 0.3) is 10.9 Å². The SMILES string of the molecule is CC(C)n1ncc2c(NC(=O)c3cc(CNC(=O)C4(O)CC4)ccc3Cl)cccc21. The van der Waals surface area contributed by atoms with Gasteiger partial charge in [-0.2, -0.15) is 5.10 Å². The van der Waals surface area contributed by atoms with E-state index in [4.69, 9.17) is 11.6 Å². The van der Waals surface area contributed by atoms with Gasteiger partial charge in [-0.05, 0) is 56.5 Å². The molecule has 3 N–H and O–H groups in total. The Bertz CT molecular complexity index is 1130. The van der Waals surface area contributed by atoms with Gasteiger partial charge in [0.05, 0.1) is 28.0 Å². The highest BCUT2D eigenvalue weighted by Crippen LogP contribution is 2.35. The topological polar surface area (TPSA) is 96.3 Å². The lowest BCUT2D eigenvalue weighted by Crippen LogP contribution is -2.35. The standard InChI is InChI=1S/C22H23ClN4O3/c1-13(2)27-19-5-3-4-18(16(19)12-25-27)26-20(28)15-10-14(6-7-17(15)23)11-24-21(29)22(30)8-9-22/h3-7,10,12-13,30H,8-9,11H2,1-2H3,(H,24,29)(H,26,28). The number of aromatic nitrogens is 2. The monoisotopic (exact) mass is 426 g/mol. The number of carbonyl (C=O) groups excluding carboxylic acids is 2. The van der Waals surface area contributed by atoms with E-state index in [9.17, 15) is 14.7 Å². The maximum absolute atomic E-state index is 12.9. The Kier molecular flexibility index (Phi) is 5.26. The van der Waals surface area contributed by atoms with Crippen LogP contribution in [0.5, 0.6) is 0 Å². The molecule has 4 rings (SSSR count). The lowest BCUT2D eigenvalue weighted by Gasteiger charge is -2.12. The lowest BCUT2D eigenvalue weighted by molar-refractivity contribution is -0.131. The van der Waals surface area contributed by atoms with Crippen LogP contribution in [0.2, 0.25) is 5.02 Å². The minimum absolute atomic E-state index is 0.198. The van der Waals surface area contributed by atoms with Crippen LogP contribution in [0.15, 0.2) is 42.6 Å². The lowest BCUT2D eigenvalue weighted by atomic mass is 10.1. The molecule has 0 radical (unpaired) electrons. The van der Waals surface area contributed by atoms with Gasteiger partial charge in [0.1, 0.15) is 5.60 Å². The average molecular weight is 427 g/mol. The minimum atomic E-state index is -1.23. The highest BCUT2D eigenvalue weighted by atomic mass is 35.5. The molecule has 156 valence electrons. The summed E-state index contributed by atoms with van der Waals surface area (Å²) in [6.45, 7) is 4.29. The molecule has 30 heavy (non-hydrogen) atoms.